The van der Waals surface area contributed by atoms with Gasteiger partial charge in [-0.25, -0.2) is 0 Å². The summed E-state index contributed by atoms with van der Waals surface area (Å²) >= 11 is 0. The zero-order chi connectivity index (χ0) is 14.2. The summed E-state index contributed by atoms with van der Waals surface area (Å²) in [5, 5.41) is 3.57. The van der Waals surface area contributed by atoms with Gasteiger partial charge in [0, 0.05) is 11.5 Å². The van der Waals surface area contributed by atoms with Crippen molar-refractivity contribution in [3.63, 3.8) is 0 Å². The zero-order valence-corrected chi connectivity index (χ0v) is 12.6. The van der Waals surface area contributed by atoms with Crippen LogP contribution in [0, 0.1) is 13.8 Å². The van der Waals surface area contributed by atoms with Gasteiger partial charge in [-0.05, 0) is 56.0 Å². The van der Waals surface area contributed by atoms with Gasteiger partial charge >= 0.3 is 0 Å². The second-order valence-corrected chi connectivity index (χ2v) is 6.09. The largest absolute Gasteiger partial charge is 0.312 e. The molecule has 1 saturated carbocycles. The highest BCUT2D eigenvalue weighted by Gasteiger charge is 2.50. The molecule has 0 aliphatic heterocycles. The first-order valence-electron chi connectivity index (χ1n) is 7.47. The molecule has 2 aromatic rings. The Labute approximate surface area is 122 Å². The monoisotopic (exact) mass is 265 g/mol. The van der Waals surface area contributed by atoms with Crippen molar-refractivity contribution in [3.8, 4) is 0 Å². The zero-order valence-electron chi connectivity index (χ0n) is 12.6. The summed E-state index contributed by atoms with van der Waals surface area (Å²) in [7, 11) is 2.09. The van der Waals surface area contributed by atoms with Crippen molar-refractivity contribution in [1.29, 1.82) is 0 Å². The van der Waals surface area contributed by atoms with Crippen LogP contribution in [0.4, 0.5) is 0 Å². The van der Waals surface area contributed by atoms with Gasteiger partial charge in [0.05, 0.1) is 0 Å². The fraction of sp³-hybridized carbons (Fsp3) is 0.368. The maximum atomic E-state index is 3.57. The van der Waals surface area contributed by atoms with Crippen LogP contribution in [0.3, 0.4) is 0 Å². The van der Waals surface area contributed by atoms with Crippen LogP contribution < -0.4 is 5.32 Å². The molecule has 0 saturated heterocycles. The van der Waals surface area contributed by atoms with E-state index in [0.29, 0.717) is 6.04 Å². The molecule has 0 spiro atoms. The summed E-state index contributed by atoms with van der Waals surface area (Å²) in [5.41, 5.74) is 5.92. The summed E-state index contributed by atoms with van der Waals surface area (Å²) < 4.78 is 0. The van der Waals surface area contributed by atoms with E-state index in [1.807, 2.05) is 0 Å². The SMILES string of the molecule is CNC(c1ccc(C)c(C)c1)C1(c2ccccc2)CC1. The van der Waals surface area contributed by atoms with E-state index in [2.05, 4.69) is 74.7 Å². The van der Waals surface area contributed by atoms with Gasteiger partial charge in [-0.15, -0.1) is 0 Å². The summed E-state index contributed by atoms with van der Waals surface area (Å²) in [6, 6.07) is 18.2. The number of aryl methyl sites for hydroxylation is 2. The smallest absolute Gasteiger partial charge is 0.0415 e. The van der Waals surface area contributed by atoms with Crippen LogP contribution in [0.5, 0.6) is 0 Å². The van der Waals surface area contributed by atoms with Crippen LogP contribution in [0.1, 0.15) is 41.1 Å². The van der Waals surface area contributed by atoms with E-state index in [1.165, 1.54) is 35.1 Å². The van der Waals surface area contributed by atoms with E-state index in [1.54, 1.807) is 0 Å². The molecule has 1 aliphatic rings. The molecule has 1 nitrogen and oxygen atoms in total. The minimum Gasteiger partial charge on any atom is -0.312 e. The molecule has 3 rings (SSSR count). The lowest BCUT2D eigenvalue weighted by Crippen LogP contribution is -2.29. The Bertz CT molecular complexity index is 596. The first-order chi connectivity index (χ1) is 9.67. The Morgan fingerprint density at radius 2 is 1.65 bits per heavy atom. The number of likely N-dealkylation sites (N-methyl/N-ethyl adjacent to an activating group) is 1. The molecule has 0 amide bonds. The molecule has 0 aromatic heterocycles. The average Bonchev–Trinajstić information content (AvgIpc) is 3.26. The number of rotatable bonds is 4. The van der Waals surface area contributed by atoms with Crippen molar-refractivity contribution in [2.45, 2.75) is 38.1 Å². The third-order valence-electron chi connectivity index (χ3n) is 4.84. The van der Waals surface area contributed by atoms with E-state index in [0.717, 1.165) is 0 Å². The van der Waals surface area contributed by atoms with Gasteiger partial charge in [-0.2, -0.15) is 0 Å². The van der Waals surface area contributed by atoms with Crippen molar-refractivity contribution >= 4 is 0 Å². The molecule has 2 aromatic carbocycles. The van der Waals surface area contributed by atoms with Gasteiger partial charge in [-0.3, -0.25) is 0 Å². The fourth-order valence-electron chi connectivity index (χ4n) is 3.35. The van der Waals surface area contributed by atoms with Crippen molar-refractivity contribution in [2.75, 3.05) is 7.05 Å². The van der Waals surface area contributed by atoms with E-state index in [-0.39, 0.29) is 5.41 Å². The molecule has 1 fully saturated rings. The van der Waals surface area contributed by atoms with Gasteiger partial charge in [-0.1, -0.05) is 48.5 Å². The minimum absolute atomic E-state index is 0.289. The van der Waals surface area contributed by atoms with E-state index >= 15 is 0 Å². The third kappa shape index (κ3) is 2.16. The predicted octanol–water partition coefficient (Wildman–Crippen LogP) is 4.30. The summed E-state index contributed by atoms with van der Waals surface area (Å²) in [6.45, 7) is 4.38. The first-order valence-corrected chi connectivity index (χ1v) is 7.47. The Balaban J connectivity index is 2.00. The normalized spacial score (nSPS) is 17.8. The van der Waals surface area contributed by atoms with Crippen molar-refractivity contribution in [3.05, 3.63) is 70.8 Å². The molecule has 1 unspecified atom stereocenters. The van der Waals surface area contributed by atoms with Crippen LogP contribution in [-0.4, -0.2) is 7.05 Å². The molecule has 1 N–H and O–H groups in total. The van der Waals surface area contributed by atoms with E-state index in [4.69, 9.17) is 0 Å². The van der Waals surface area contributed by atoms with Crippen LogP contribution in [0.15, 0.2) is 48.5 Å². The Kier molecular flexibility index (Phi) is 3.39. The summed E-state index contributed by atoms with van der Waals surface area (Å²) in [5.74, 6) is 0. The number of hydrogen-bond acceptors (Lipinski definition) is 1. The van der Waals surface area contributed by atoms with Gasteiger partial charge in [0.2, 0.25) is 0 Å². The average molecular weight is 265 g/mol. The second-order valence-electron chi connectivity index (χ2n) is 6.09. The van der Waals surface area contributed by atoms with Gasteiger partial charge in [0.15, 0.2) is 0 Å². The molecule has 0 radical (unpaired) electrons. The lowest BCUT2D eigenvalue weighted by atomic mass is 9.83. The molecule has 0 heterocycles. The maximum Gasteiger partial charge on any atom is 0.0415 e. The number of benzene rings is 2. The summed E-state index contributed by atoms with van der Waals surface area (Å²) in [4.78, 5) is 0. The molecular weight excluding hydrogens is 242 g/mol. The molecule has 1 atom stereocenters. The van der Waals surface area contributed by atoms with E-state index < -0.39 is 0 Å². The Hall–Kier alpha value is -1.60. The second kappa shape index (κ2) is 5.06. The minimum atomic E-state index is 0.289. The molecule has 20 heavy (non-hydrogen) atoms. The lowest BCUT2D eigenvalue weighted by molar-refractivity contribution is 0.463. The highest BCUT2D eigenvalue weighted by atomic mass is 14.9. The lowest BCUT2D eigenvalue weighted by Gasteiger charge is -2.28. The number of hydrogen-bond donors (Lipinski definition) is 1. The van der Waals surface area contributed by atoms with Gasteiger partial charge in [0.1, 0.15) is 0 Å². The Morgan fingerprint density at radius 3 is 2.20 bits per heavy atom. The molecular formula is C19H23N. The standard InChI is InChI=1S/C19H23N/c1-14-9-10-16(13-15(14)2)18(20-3)19(11-12-19)17-7-5-4-6-8-17/h4-10,13,18,20H,11-12H2,1-3H3. The third-order valence-corrected chi connectivity index (χ3v) is 4.84. The molecule has 1 aliphatic carbocycles. The van der Waals surface area contributed by atoms with Crippen molar-refractivity contribution in [1.82, 2.24) is 5.32 Å². The van der Waals surface area contributed by atoms with Gasteiger partial charge in [0.25, 0.3) is 0 Å². The van der Waals surface area contributed by atoms with Crippen LogP contribution in [0.2, 0.25) is 0 Å². The highest BCUT2D eigenvalue weighted by molar-refractivity contribution is 5.40. The predicted molar refractivity (Wildman–Crippen MR) is 85.1 cm³/mol. The topological polar surface area (TPSA) is 12.0 Å². The molecule has 0 bridgehead atoms. The van der Waals surface area contributed by atoms with Crippen LogP contribution in [0.25, 0.3) is 0 Å². The quantitative estimate of drug-likeness (QED) is 0.869. The molecule has 104 valence electrons. The highest BCUT2D eigenvalue weighted by Crippen LogP contribution is 2.56. The van der Waals surface area contributed by atoms with E-state index in [9.17, 15) is 0 Å². The number of nitrogens with one attached hydrogen (secondary N) is 1. The van der Waals surface area contributed by atoms with Gasteiger partial charge < -0.3 is 5.32 Å². The Morgan fingerprint density at radius 1 is 0.950 bits per heavy atom. The van der Waals surface area contributed by atoms with Crippen LogP contribution in [-0.2, 0) is 5.41 Å². The maximum absolute atomic E-state index is 3.57. The first kappa shape index (κ1) is 13.4. The van der Waals surface area contributed by atoms with Crippen molar-refractivity contribution in [2.24, 2.45) is 0 Å². The van der Waals surface area contributed by atoms with Crippen LogP contribution >= 0.6 is 0 Å². The van der Waals surface area contributed by atoms with Crippen molar-refractivity contribution < 1.29 is 0 Å². The fourth-order valence-corrected chi connectivity index (χ4v) is 3.35. The molecule has 1 heteroatoms. The summed E-state index contributed by atoms with van der Waals surface area (Å²) in [6.07, 6.45) is 2.55.